The van der Waals surface area contributed by atoms with Crippen LogP contribution in [-0.2, 0) is 16.3 Å². The lowest BCUT2D eigenvalue weighted by Crippen LogP contribution is -2.31. The number of benzene rings is 2. The SMILES string of the molecule is [N-]=[N+]1C2=C3c4cccc(Br)c4CCC3CCC21S(=O)(=O)c1ccc(I)cc1. The number of halogens is 2. The lowest BCUT2D eigenvalue weighted by molar-refractivity contribution is -0.374. The fourth-order valence-corrected chi connectivity index (χ4v) is 7.64. The second-order valence-corrected chi connectivity index (χ2v) is 11.6. The first-order valence-corrected chi connectivity index (χ1v) is 12.2. The van der Waals surface area contributed by atoms with Crippen LogP contribution < -0.4 is 0 Å². The lowest BCUT2D eigenvalue weighted by atomic mass is 9.74. The van der Waals surface area contributed by atoms with Crippen molar-refractivity contribution < 1.29 is 13.1 Å². The number of hydrogen-bond donors (Lipinski definition) is 0. The van der Waals surface area contributed by atoms with E-state index in [9.17, 15) is 13.9 Å². The van der Waals surface area contributed by atoms with Crippen molar-refractivity contribution in [2.75, 3.05) is 0 Å². The topological polar surface area (TPSA) is 59.5 Å². The Labute approximate surface area is 180 Å². The molecule has 3 aliphatic rings. The van der Waals surface area contributed by atoms with Gasteiger partial charge in [0, 0.05) is 20.0 Å². The molecule has 1 fully saturated rings. The zero-order chi connectivity index (χ0) is 19.0. The van der Waals surface area contributed by atoms with E-state index >= 15 is 0 Å². The summed E-state index contributed by atoms with van der Waals surface area (Å²) in [6, 6.07) is 12.9. The van der Waals surface area contributed by atoms with Crippen LogP contribution >= 0.6 is 38.5 Å². The third-order valence-corrected chi connectivity index (χ3v) is 9.90. The molecule has 138 valence electrons. The number of rotatable bonds is 2. The fourth-order valence-electron chi connectivity index (χ4n) is 4.72. The molecule has 2 aromatic carbocycles. The third-order valence-electron chi connectivity index (χ3n) is 6.09. The molecule has 0 N–H and O–H groups in total. The quantitative estimate of drug-likeness (QED) is 0.286. The highest BCUT2D eigenvalue weighted by molar-refractivity contribution is 14.1. The highest BCUT2D eigenvalue weighted by Gasteiger charge is 2.76. The van der Waals surface area contributed by atoms with Gasteiger partial charge in [0.05, 0.1) is 4.90 Å². The highest BCUT2D eigenvalue weighted by Crippen LogP contribution is 2.61. The molecule has 1 heterocycles. The van der Waals surface area contributed by atoms with E-state index in [1.165, 1.54) is 5.56 Å². The van der Waals surface area contributed by atoms with Gasteiger partial charge in [-0.25, -0.2) is 8.42 Å². The maximum atomic E-state index is 13.5. The Morgan fingerprint density at radius 2 is 1.89 bits per heavy atom. The van der Waals surface area contributed by atoms with Gasteiger partial charge in [-0.1, -0.05) is 28.1 Å². The van der Waals surface area contributed by atoms with Gasteiger partial charge in [-0.15, -0.1) is 0 Å². The molecule has 0 bridgehead atoms. The van der Waals surface area contributed by atoms with Crippen molar-refractivity contribution in [1.29, 1.82) is 0 Å². The Morgan fingerprint density at radius 3 is 2.63 bits per heavy atom. The molecule has 1 aliphatic heterocycles. The minimum absolute atomic E-state index is 0.265. The second-order valence-electron chi connectivity index (χ2n) is 7.36. The standard InChI is InChI=1S/C20H16BrIN2O2S/c21-17-3-1-2-16-15(17)9-4-12-10-11-20(19(18(12)16)24(20)23)27(25,26)14-7-5-13(22)6-8-14/h1-3,5-8,12H,4,9-11H2. The normalized spacial score (nSPS) is 26.3. The van der Waals surface area contributed by atoms with Crippen LogP contribution in [0, 0.1) is 9.49 Å². The Morgan fingerprint density at radius 1 is 1.15 bits per heavy atom. The lowest BCUT2D eigenvalue weighted by Gasteiger charge is -2.29. The van der Waals surface area contributed by atoms with Crippen LogP contribution in [0.1, 0.15) is 30.4 Å². The molecule has 0 radical (unpaired) electrons. The summed E-state index contributed by atoms with van der Waals surface area (Å²) in [5.74, 6) is 0.305. The van der Waals surface area contributed by atoms with Crippen molar-refractivity contribution in [3.63, 3.8) is 0 Å². The number of allylic oxidation sites excluding steroid dienone is 1. The Hall–Kier alpha value is -1.06. The summed E-state index contributed by atoms with van der Waals surface area (Å²) < 4.78 is 30.0. The van der Waals surface area contributed by atoms with E-state index in [-0.39, 0.29) is 4.90 Å². The molecule has 7 heteroatoms. The van der Waals surface area contributed by atoms with Gasteiger partial charge >= 0.3 is 4.87 Å². The van der Waals surface area contributed by atoms with Crippen LogP contribution in [0.5, 0.6) is 0 Å². The molecule has 4 nitrogen and oxygen atoms in total. The van der Waals surface area contributed by atoms with Crippen molar-refractivity contribution in [3.05, 3.63) is 72.9 Å². The van der Waals surface area contributed by atoms with Gasteiger partial charge in [0.2, 0.25) is 0 Å². The molecule has 0 saturated carbocycles. The van der Waals surface area contributed by atoms with Crippen molar-refractivity contribution in [3.8, 4) is 0 Å². The summed E-state index contributed by atoms with van der Waals surface area (Å²) in [5, 5.41) is 0. The average Bonchev–Trinajstić information content (AvgIpc) is 3.29. The molecule has 1 saturated heterocycles. The van der Waals surface area contributed by atoms with Gasteiger partial charge in [0.1, 0.15) is 0 Å². The maximum Gasteiger partial charge on any atom is 0.343 e. The summed E-state index contributed by atoms with van der Waals surface area (Å²) in [7, 11) is -3.71. The average molecular weight is 555 g/mol. The monoisotopic (exact) mass is 554 g/mol. The van der Waals surface area contributed by atoms with E-state index < -0.39 is 14.7 Å². The Bertz CT molecular complexity index is 1140. The zero-order valence-electron chi connectivity index (χ0n) is 14.3. The Balaban J connectivity index is 1.72. The molecule has 0 aromatic heterocycles. The highest BCUT2D eigenvalue weighted by atomic mass is 127. The summed E-state index contributed by atoms with van der Waals surface area (Å²) in [5.41, 5.74) is 14.6. The van der Waals surface area contributed by atoms with E-state index in [2.05, 4.69) is 38.5 Å². The zero-order valence-corrected chi connectivity index (χ0v) is 18.9. The number of sulfone groups is 1. The molecule has 0 spiro atoms. The number of nitrogens with zero attached hydrogens (tertiary/aromatic N) is 2. The van der Waals surface area contributed by atoms with E-state index in [1.807, 2.05) is 18.2 Å². The van der Waals surface area contributed by atoms with Crippen LogP contribution in [0.15, 0.2) is 57.5 Å². The molecule has 2 aliphatic carbocycles. The number of fused-ring (bicyclic) bond motifs is 4. The van der Waals surface area contributed by atoms with E-state index in [0.717, 1.165) is 43.1 Å². The molecule has 0 amide bonds. The summed E-state index contributed by atoms with van der Waals surface area (Å²) in [6.45, 7) is 0. The fraction of sp³-hybridized carbons (Fsp3) is 0.300. The molecule has 2 unspecified atom stereocenters. The molecule has 27 heavy (non-hydrogen) atoms. The molecule has 5 rings (SSSR count). The van der Waals surface area contributed by atoms with Crippen LogP contribution in [0.25, 0.3) is 11.1 Å². The molecular formula is C20H16BrIN2O2S. The Kier molecular flexibility index (Phi) is 3.98. The van der Waals surface area contributed by atoms with Crippen LogP contribution in [-0.4, -0.2) is 18.0 Å². The first-order valence-electron chi connectivity index (χ1n) is 8.89. The predicted octanol–water partition coefficient (Wildman–Crippen LogP) is 5.34. The van der Waals surface area contributed by atoms with Crippen LogP contribution in [0.2, 0.25) is 0 Å². The summed E-state index contributed by atoms with van der Waals surface area (Å²) in [6.07, 6.45) is 3.17. The van der Waals surface area contributed by atoms with Gasteiger partial charge in [-0.2, -0.15) is 0 Å². The van der Waals surface area contributed by atoms with Crippen molar-refractivity contribution in [2.45, 2.75) is 35.4 Å². The second kappa shape index (κ2) is 5.97. The minimum atomic E-state index is -3.71. The summed E-state index contributed by atoms with van der Waals surface area (Å²) >= 11 is 5.78. The van der Waals surface area contributed by atoms with Crippen molar-refractivity contribution in [1.82, 2.24) is 0 Å². The van der Waals surface area contributed by atoms with Crippen LogP contribution in [0.3, 0.4) is 0 Å². The van der Waals surface area contributed by atoms with Gasteiger partial charge in [-0.3, -0.25) is 4.70 Å². The van der Waals surface area contributed by atoms with Gasteiger partial charge in [0.15, 0.2) is 0 Å². The first kappa shape index (κ1) is 18.0. The van der Waals surface area contributed by atoms with Crippen LogP contribution in [0.4, 0.5) is 0 Å². The summed E-state index contributed by atoms with van der Waals surface area (Å²) in [4.78, 5) is -1.04. The third kappa shape index (κ3) is 2.34. The van der Waals surface area contributed by atoms with Gasteiger partial charge < -0.3 is 5.53 Å². The van der Waals surface area contributed by atoms with Gasteiger partial charge in [-0.05, 0) is 89.2 Å². The maximum absolute atomic E-state index is 13.5. The van der Waals surface area contributed by atoms with E-state index in [1.54, 1.807) is 24.3 Å². The first-order chi connectivity index (χ1) is 12.9. The minimum Gasteiger partial charge on any atom is -0.498 e. The van der Waals surface area contributed by atoms with Crippen molar-refractivity contribution in [2.24, 2.45) is 5.92 Å². The van der Waals surface area contributed by atoms with E-state index in [0.29, 0.717) is 18.0 Å². The van der Waals surface area contributed by atoms with Gasteiger partial charge in [0.25, 0.3) is 15.5 Å². The molecule has 2 atom stereocenters. The predicted molar refractivity (Wildman–Crippen MR) is 115 cm³/mol. The largest absolute Gasteiger partial charge is 0.498 e. The smallest absolute Gasteiger partial charge is 0.343 e. The number of hydrogen-bond acceptors (Lipinski definition) is 2. The van der Waals surface area contributed by atoms with E-state index in [4.69, 9.17) is 0 Å². The molecular weight excluding hydrogens is 539 g/mol. The molecule has 2 aromatic rings. The van der Waals surface area contributed by atoms with Crippen molar-refractivity contribution >= 4 is 53.9 Å².